The van der Waals surface area contributed by atoms with Crippen LogP contribution in [-0.4, -0.2) is 34.2 Å². The molecule has 1 aromatic carbocycles. The van der Waals surface area contributed by atoms with Crippen LogP contribution in [0.1, 0.15) is 71.2 Å². The molecule has 176 valence electrons. The van der Waals surface area contributed by atoms with Gasteiger partial charge in [0.15, 0.2) is 0 Å². The van der Waals surface area contributed by atoms with Crippen molar-refractivity contribution in [2.45, 2.75) is 79.9 Å². The standard InChI is InChI=1S/C27H40N2O2S/c1-7-22(3)29(25(30)16-21(2)17-27(4,5)6)20-26(31)28(19-24-14-11-15-32-24)18-23-12-9-8-10-13-23/h8-15,21-22H,7,16-20H2,1-6H3. The number of thiophene rings is 1. The van der Waals surface area contributed by atoms with Crippen molar-refractivity contribution < 1.29 is 9.59 Å². The Morgan fingerprint density at radius 1 is 0.969 bits per heavy atom. The Kier molecular flexibility index (Phi) is 9.95. The number of carbonyl (C=O) groups excluding carboxylic acids is 2. The molecule has 0 spiro atoms. The van der Waals surface area contributed by atoms with Crippen LogP contribution in [0.4, 0.5) is 0 Å². The minimum absolute atomic E-state index is 0.000576. The molecule has 1 aromatic heterocycles. The van der Waals surface area contributed by atoms with Crippen LogP contribution in [0.15, 0.2) is 47.8 Å². The third kappa shape index (κ3) is 8.78. The highest BCUT2D eigenvalue weighted by molar-refractivity contribution is 7.09. The largest absolute Gasteiger partial charge is 0.332 e. The van der Waals surface area contributed by atoms with Crippen molar-refractivity contribution in [3.63, 3.8) is 0 Å². The zero-order valence-electron chi connectivity index (χ0n) is 20.6. The van der Waals surface area contributed by atoms with Crippen LogP contribution in [0.3, 0.4) is 0 Å². The minimum atomic E-state index is -0.000576. The summed E-state index contributed by atoms with van der Waals surface area (Å²) in [5.41, 5.74) is 1.28. The molecule has 0 saturated heterocycles. The molecule has 1 heterocycles. The lowest BCUT2D eigenvalue weighted by atomic mass is 9.84. The lowest BCUT2D eigenvalue weighted by Crippen LogP contribution is -2.46. The Morgan fingerprint density at radius 3 is 2.22 bits per heavy atom. The number of carbonyl (C=O) groups is 2. The molecule has 0 radical (unpaired) electrons. The van der Waals surface area contributed by atoms with E-state index in [0.29, 0.717) is 19.5 Å². The molecule has 5 heteroatoms. The molecule has 2 atom stereocenters. The van der Waals surface area contributed by atoms with Crippen molar-refractivity contribution in [2.24, 2.45) is 11.3 Å². The van der Waals surface area contributed by atoms with Gasteiger partial charge in [-0.25, -0.2) is 0 Å². The molecule has 2 rings (SSSR count). The average molecular weight is 457 g/mol. The predicted octanol–water partition coefficient (Wildman–Crippen LogP) is 6.37. The van der Waals surface area contributed by atoms with E-state index in [1.807, 2.05) is 53.6 Å². The summed E-state index contributed by atoms with van der Waals surface area (Å²) in [5.74, 6) is 0.371. The van der Waals surface area contributed by atoms with E-state index >= 15 is 0 Å². The van der Waals surface area contributed by atoms with E-state index in [-0.39, 0.29) is 35.7 Å². The normalized spacial score (nSPS) is 13.4. The molecule has 0 aliphatic heterocycles. The molecule has 4 nitrogen and oxygen atoms in total. The monoisotopic (exact) mass is 456 g/mol. The Balaban J connectivity index is 2.14. The lowest BCUT2D eigenvalue weighted by Gasteiger charge is -2.32. The number of hydrogen-bond donors (Lipinski definition) is 0. The first-order valence-corrected chi connectivity index (χ1v) is 12.6. The molecule has 0 N–H and O–H groups in total. The maximum atomic E-state index is 13.5. The van der Waals surface area contributed by atoms with E-state index in [9.17, 15) is 9.59 Å². The zero-order valence-corrected chi connectivity index (χ0v) is 21.5. The Hall–Kier alpha value is -2.14. The van der Waals surface area contributed by atoms with E-state index in [2.05, 4.69) is 40.7 Å². The summed E-state index contributed by atoms with van der Waals surface area (Å²) in [6.45, 7) is 14.1. The van der Waals surface area contributed by atoms with Gasteiger partial charge in [-0.3, -0.25) is 9.59 Å². The highest BCUT2D eigenvalue weighted by atomic mass is 32.1. The van der Waals surface area contributed by atoms with Gasteiger partial charge in [0.2, 0.25) is 11.8 Å². The number of rotatable bonds is 11. The van der Waals surface area contributed by atoms with Gasteiger partial charge in [-0.05, 0) is 48.1 Å². The second-order valence-corrected chi connectivity index (χ2v) is 11.2. The highest BCUT2D eigenvalue weighted by Crippen LogP contribution is 2.27. The fourth-order valence-electron chi connectivity index (χ4n) is 4.12. The van der Waals surface area contributed by atoms with Gasteiger partial charge in [-0.15, -0.1) is 11.3 Å². The molecule has 2 aromatic rings. The van der Waals surface area contributed by atoms with Crippen molar-refractivity contribution in [1.29, 1.82) is 0 Å². The predicted molar refractivity (Wildman–Crippen MR) is 134 cm³/mol. The van der Waals surface area contributed by atoms with E-state index < -0.39 is 0 Å². The van der Waals surface area contributed by atoms with Crippen LogP contribution < -0.4 is 0 Å². The van der Waals surface area contributed by atoms with E-state index in [0.717, 1.165) is 23.3 Å². The average Bonchev–Trinajstić information content (AvgIpc) is 3.23. The number of hydrogen-bond acceptors (Lipinski definition) is 3. The molecule has 0 saturated carbocycles. The van der Waals surface area contributed by atoms with Crippen molar-refractivity contribution in [3.05, 3.63) is 58.3 Å². The van der Waals surface area contributed by atoms with Crippen molar-refractivity contribution in [1.82, 2.24) is 9.80 Å². The number of nitrogens with zero attached hydrogens (tertiary/aromatic N) is 2. The quantitative estimate of drug-likeness (QED) is 0.394. The van der Waals surface area contributed by atoms with Crippen molar-refractivity contribution in [2.75, 3.05) is 6.54 Å². The highest BCUT2D eigenvalue weighted by Gasteiger charge is 2.27. The molecule has 2 unspecified atom stereocenters. The fraction of sp³-hybridized carbons (Fsp3) is 0.556. The maximum absolute atomic E-state index is 13.5. The van der Waals surface area contributed by atoms with Crippen LogP contribution in [0, 0.1) is 11.3 Å². The van der Waals surface area contributed by atoms with Crippen LogP contribution in [-0.2, 0) is 22.7 Å². The first kappa shape index (κ1) is 26.1. The second kappa shape index (κ2) is 12.2. The zero-order chi connectivity index (χ0) is 23.7. The van der Waals surface area contributed by atoms with Crippen LogP contribution in [0.25, 0.3) is 0 Å². The Bertz CT molecular complexity index is 827. The smallest absolute Gasteiger partial charge is 0.242 e. The Labute approximate surface area is 198 Å². The minimum Gasteiger partial charge on any atom is -0.332 e. The second-order valence-electron chi connectivity index (χ2n) is 10.2. The summed E-state index contributed by atoms with van der Waals surface area (Å²) in [4.78, 5) is 31.5. The SMILES string of the molecule is CCC(C)N(CC(=O)N(Cc1ccccc1)Cc1cccs1)C(=O)CC(C)CC(C)(C)C. The third-order valence-electron chi connectivity index (χ3n) is 5.73. The van der Waals surface area contributed by atoms with Crippen LogP contribution in [0.2, 0.25) is 0 Å². The van der Waals surface area contributed by atoms with E-state index in [1.54, 1.807) is 16.2 Å². The van der Waals surface area contributed by atoms with Crippen LogP contribution in [0.5, 0.6) is 0 Å². The molecule has 32 heavy (non-hydrogen) atoms. The summed E-state index contributed by atoms with van der Waals surface area (Å²) in [5, 5.41) is 2.03. The molecule has 0 fully saturated rings. The summed E-state index contributed by atoms with van der Waals surface area (Å²) in [7, 11) is 0. The van der Waals surface area contributed by atoms with Gasteiger partial charge in [0, 0.05) is 23.9 Å². The molecular formula is C27H40N2O2S. The summed E-state index contributed by atoms with van der Waals surface area (Å²) in [6.07, 6.45) is 2.30. The first-order valence-electron chi connectivity index (χ1n) is 11.7. The number of benzene rings is 1. The summed E-state index contributed by atoms with van der Waals surface area (Å²) >= 11 is 1.65. The van der Waals surface area contributed by atoms with Gasteiger partial charge in [0.05, 0.1) is 6.54 Å². The van der Waals surface area contributed by atoms with Crippen molar-refractivity contribution >= 4 is 23.2 Å². The van der Waals surface area contributed by atoms with E-state index in [4.69, 9.17) is 0 Å². The summed E-state index contributed by atoms with van der Waals surface area (Å²) in [6, 6.07) is 14.2. The molecule has 0 aliphatic carbocycles. The van der Waals surface area contributed by atoms with E-state index in [1.165, 1.54) is 0 Å². The van der Waals surface area contributed by atoms with Gasteiger partial charge >= 0.3 is 0 Å². The molecular weight excluding hydrogens is 416 g/mol. The topological polar surface area (TPSA) is 40.6 Å². The van der Waals surface area contributed by atoms with Gasteiger partial charge < -0.3 is 9.80 Å². The van der Waals surface area contributed by atoms with Gasteiger partial charge in [0.25, 0.3) is 0 Å². The summed E-state index contributed by atoms with van der Waals surface area (Å²) < 4.78 is 0. The van der Waals surface area contributed by atoms with Crippen LogP contribution >= 0.6 is 11.3 Å². The van der Waals surface area contributed by atoms with Gasteiger partial charge in [0.1, 0.15) is 6.54 Å². The lowest BCUT2D eigenvalue weighted by molar-refractivity contribution is -0.143. The van der Waals surface area contributed by atoms with Crippen molar-refractivity contribution in [3.8, 4) is 0 Å². The molecule has 0 bridgehead atoms. The molecule has 2 amide bonds. The molecule has 0 aliphatic rings. The maximum Gasteiger partial charge on any atom is 0.242 e. The third-order valence-corrected chi connectivity index (χ3v) is 6.59. The number of amides is 2. The first-order chi connectivity index (χ1) is 15.1. The van der Waals surface area contributed by atoms with Gasteiger partial charge in [-0.2, -0.15) is 0 Å². The Morgan fingerprint density at radius 2 is 1.66 bits per heavy atom. The van der Waals surface area contributed by atoms with Gasteiger partial charge in [-0.1, -0.05) is 71.0 Å². The fourth-order valence-corrected chi connectivity index (χ4v) is 4.83.